The maximum atomic E-state index is 13.3. The standard InChI is InChI=1S/C23H26FN5O2/c1-31-21-7-2-4-17(14-21)16-28-12-9-20(10-13-28)29-22(8-11-25-29)27-23(30)26-19-6-3-5-18(24)15-19/h2-8,11,14-15,20H,9-10,12-13,16H2,1H3,(H2,26,27,30). The van der Waals surface area contributed by atoms with Gasteiger partial charge in [0.1, 0.15) is 17.4 Å². The van der Waals surface area contributed by atoms with Crippen LogP contribution in [0.1, 0.15) is 24.4 Å². The summed E-state index contributed by atoms with van der Waals surface area (Å²) >= 11 is 0. The summed E-state index contributed by atoms with van der Waals surface area (Å²) in [6, 6.07) is 15.5. The number of anilines is 2. The SMILES string of the molecule is COc1cccc(CN2CCC(n3nccc3NC(=O)Nc3cccc(F)c3)CC2)c1. The first kappa shape index (κ1) is 20.9. The fourth-order valence-electron chi connectivity index (χ4n) is 3.90. The molecule has 7 nitrogen and oxygen atoms in total. The zero-order valence-electron chi connectivity index (χ0n) is 17.4. The number of ether oxygens (including phenoxy) is 1. The number of urea groups is 1. The fourth-order valence-corrected chi connectivity index (χ4v) is 3.90. The number of halogens is 1. The summed E-state index contributed by atoms with van der Waals surface area (Å²) in [7, 11) is 1.68. The topological polar surface area (TPSA) is 71.4 Å². The van der Waals surface area contributed by atoms with E-state index in [2.05, 4.69) is 32.8 Å². The van der Waals surface area contributed by atoms with Gasteiger partial charge < -0.3 is 10.1 Å². The summed E-state index contributed by atoms with van der Waals surface area (Å²) in [5.74, 6) is 1.10. The zero-order valence-corrected chi connectivity index (χ0v) is 17.4. The summed E-state index contributed by atoms with van der Waals surface area (Å²) in [6.45, 7) is 2.76. The van der Waals surface area contributed by atoms with Crippen molar-refractivity contribution in [3.8, 4) is 5.75 Å². The third-order valence-corrected chi connectivity index (χ3v) is 5.44. The van der Waals surface area contributed by atoms with E-state index in [0.717, 1.165) is 38.2 Å². The Kier molecular flexibility index (Phi) is 6.47. The number of aromatic nitrogens is 2. The number of rotatable bonds is 6. The summed E-state index contributed by atoms with van der Waals surface area (Å²) < 4.78 is 20.5. The molecular weight excluding hydrogens is 397 g/mol. The van der Waals surface area contributed by atoms with Crippen molar-refractivity contribution in [1.29, 1.82) is 0 Å². The van der Waals surface area contributed by atoms with E-state index in [1.54, 1.807) is 31.5 Å². The maximum Gasteiger partial charge on any atom is 0.324 e. The van der Waals surface area contributed by atoms with Crippen LogP contribution in [0.25, 0.3) is 0 Å². The van der Waals surface area contributed by atoms with Crippen LogP contribution in [0.3, 0.4) is 0 Å². The van der Waals surface area contributed by atoms with Crippen molar-refractivity contribution >= 4 is 17.5 Å². The summed E-state index contributed by atoms with van der Waals surface area (Å²) in [5.41, 5.74) is 1.63. The lowest BCUT2D eigenvalue weighted by Crippen LogP contribution is -2.35. The lowest BCUT2D eigenvalue weighted by molar-refractivity contribution is 0.174. The molecule has 0 radical (unpaired) electrons. The van der Waals surface area contributed by atoms with E-state index in [1.807, 2.05) is 16.8 Å². The van der Waals surface area contributed by atoms with Crippen molar-refractivity contribution in [1.82, 2.24) is 14.7 Å². The van der Waals surface area contributed by atoms with Crippen LogP contribution < -0.4 is 15.4 Å². The number of benzene rings is 2. The molecule has 2 amide bonds. The highest BCUT2D eigenvalue weighted by Gasteiger charge is 2.23. The number of hydrogen-bond donors (Lipinski definition) is 2. The number of carbonyl (C=O) groups is 1. The Morgan fingerprint density at radius 3 is 2.71 bits per heavy atom. The quantitative estimate of drug-likeness (QED) is 0.612. The van der Waals surface area contributed by atoms with Crippen molar-refractivity contribution in [2.24, 2.45) is 0 Å². The molecule has 1 saturated heterocycles. The highest BCUT2D eigenvalue weighted by Crippen LogP contribution is 2.27. The van der Waals surface area contributed by atoms with Gasteiger partial charge in [-0.2, -0.15) is 5.10 Å². The fraction of sp³-hybridized carbons (Fsp3) is 0.304. The molecule has 2 N–H and O–H groups in total. The van der Waals surface area contributed by atoms with Gasteiger partial charge in [0.25, 0.3) is 0 Å². The van der Waals surface area contributed by atoms with Gasteiger partial charge in [-0.1, -0.05) is 18.2 Å². The van der Waals surface area contributed by atoms with Crippen LogP contribution in [0, 0.1) is 5.82 Å². The maximum absolute atomic E-state index is 13.3. The minimum atomic E-state index is -0.428. The van der Waals surface area contributed by atoms with Gasteiger partial charge in [-0.25, -0.2) is 13.9 Å². The summed E-state index contributed by atoms with van der Waals surface area (Å²) in [6.07, 6.45) is 3.55. The first-order valence-corrected chi connectivity index (χ1v) is 10.3. The molecule has 162 valence electrons. The smallest absolute Gasteiger partial charge is 0.324 e. The minimum Gasteiger partial charge on any atom is -0.497 e. The molecule has 2 heterocycles. The molecule has 1 aliphatic rings. The molecule has 0 atom stereocenters. The van der Waals surface area contributed by atoms with Gasteiger partial charge in [0.15, 0.2) is 0 Å². The van der Waals surface area contributed by atoms with Crippen LogP contribution >= 0.6 is 0 Å². The van der Waals surface area contributed by atoms with Crippen LogP contribution in [-0.4, -0.2) is 40.9 Å². The molecule has 0 saturated carbocycles. The molecule has 1 aromatic heterocycles. The minimum absolute atomic E-state index is 0.209. The molecule has 0 aliphatic carbocycles. The van der Waals surface area contributed by atoms with Gasteiger partial charge >= 0.3 is 6.03 Å². The lowest BCUT2D eigenvalue weighted by Gasteiger charge is -2.32. The Hall–Kier alpha value is -3.39. The summed E-state index contributed by atoms with van der Waals surface area (Å²) in [4.78, 5) is 14.7. The third-order valence-electron chi connectivity index (χ3n) is 5.44. The number of likely N-dealkylation sites (tertiary alicyclic amines) is 1. The number of carbonyl (C=O) groups excluding carboxylic acids is 1. The van der Waals surface area contributed by atoms with E-state index in [0.29, 0.717) is 11.5 Å². The third kappa shape index (κ3) is 5.40. The van der Waals surface area contributed by atoms with Gasteiger partial charge in [0.05, 0.1) is 19.3 Å². The number of nitrogens with zero attached hydrogens (tertiary/aromatic N) is 3. The zero-order chi connectivity index (χ0) is 21.6. The Balaban J connectivity index is 1.32. The molecule has 31 heavy (non-hydrogen) atoms. The first-order valence-electron chi connectivity index (χ1n) is 10.3. The van der Waals surface area contributed by atoms with Gasteiger partial charge in [-0.05, 0) is 48.7 Å². The van der Waals surface area contributed by atoms with E-state index >= 15 is 0 Å². The second-order valence-electron chi connectivity index (χ2n) is 7.61. The molecule has 0 bridgehead atoms. The Labute approximate surface area is 180 Å². The average Bonchev–Trinajstić information content (AvgIpc) is 3.22. The number of nitrogens with one attached hydrogen (secondary N) is 2. The van der Waals surface area contributed by atoms with Crippen molar-refractivity contribution in [3.63, 3.8) is 0 Å². The number of piperidine rings is 1. The van der Waals surface area contributed by atoms with Crippen LogP contribution in [-0.2, 0) is 6.54 Å². The van der Waals surface area contributed by atoms with Gasteiger partial charge in [-0.15, -0.1) is 0 Å². The van der Waals surface area contributed by atoms with Crippen molar-refractivity contribution < 1.29 is 13.9 Å². The second kappa shape index (κ2) is 9.61. The first-order chi connectivity index (χ1) is 15.1. The Morgan fingerprint density at radius 2 is 1.94 bits per heavy atom. The molecule has 8 heteroatoms. The number of amides is 2. The normalized spacial score (nSPS) is 14.9. The molecule has 0 spiro atoms. The van der Waals surface area contributed by atoms with E-state index in [9.17, 15) is 9.18 Å². The molecule has 4 rings (SSSR count). The second-order valence-corrected chi connectivity index (χ2v) is 7.61. The van der Waals surface area contributed by atoms with Crippen molar-refractivity contribution in [3.05, 3.63) is 72.2 Å². The van der Waals surface area contributed by atoms with Gasteiger partial charge in [0.2, 0.25) is 0 Å². The van der Waals surface area contributed by atoms with Crippen LogP contribution in [0.2, 0.25) is 0 Å². The molecule has 2 aromatic carbocycles. The molecule has 1 aliphatic heterocycles. The Bertz CT molecular complexity index is 1030. The van der Waals surface area contributed by atoms with E-state index in [4.69, 9.17) is 4.74 Å². The van der Waals surface area contributed by atoms with Gasteiger partial charge in [0, 0.05) is 31.4 Å². The number of methoxy groups -OCH3 is 1. The van der Waals surface area contributed by atoms with Crippen LogP contribution in [0.15, 0.2) is 60.8 Å². The average molecular weight is 423 g/mol. The van der Waals surface area contributed by atoms with Crippen molar-refractivity contribution in [2.45, 2.75) is 25.4 Å². The predicted octanol–water partition coefficient (Wildman–Crippen LogP) is 4.51. The van der Waals surface area contributed by atoms with Crippen LogP contribution in [0.4, 0.5) is 20.7 Å². The Morgan fingerprint density at radius 1 is 1.13 bits per heavy atom. The monoisotopic (exact) mass is 423 g/mol. The molecule has 1 fully saturated rings. The lowest BCUT2D eigenvalue weighted by atomic mass is 10.0. The molecular formula is C23H26FN5O2. The largest absolute Gasteiger partial charge is 0.497 e. The highest BCUT2D eigenvalue weighted by atomic mass is 19.1. The number of hydrogen-bond acceptors (Lipinski definition) is 4. The van der Waals surface area contributed by atoms with E-state index < -0.39 is 11.8 Å². The van der Waals surface area contributed by atoms with E-state index in [-0.39, 0.29) is 6.04 Å². The molecule has 0 unspecified atom stereocenters. The highest BCUT2D eigenvalue weighted by molar-refractivity contribution is 5.99. The summed E-state index contributed by atoms with van der Waals surface area (Å²) in [5, 5.41) is 9.89. The van der Waals surface area contributed by atoms with E-state index in [1.165, 1.54) is 17.7 Å². The molecule has 3 aromatic rings. The van der Waals surface area contributed by atoms with Crippen molar-refractivity contribution in [2.75, 3.05) is 30.8 Å². The van der Waals surface area contributed by atoms with Gasteiger partial charge in [-0.3, -0.25) is 10.2 Å². The predicted molar refractivity (Wildman–Crippen MR) is 118 cm³/mol. The van der Waals surface area contributed by atoms with Crippen LogP contribution in [0.5, 0.6) is 5.75 Å².